The SMILES string of the molecule is COCCN(C)Cc1ccc2c(n1)CCN(Cc1ccccc1)C2. The summed E-state index contributed by atoms with van der Waals surface area (Å²) < 4.78 is 5.13. The fourth-order valence-electron chi connectivity index (χ4n) is 3.19. The summed E-state index contributed by atoms with van der Waals surface area (Å²) in [5.41, 5.74) is 5.19. The molecule has 1 aromatic carbocycles. The van der Waals surface area contributed by atoms with Crippen LogP contribution in [0, 0.1) is 0 Å². The van der Waals surface area contributed by atoms with Gasteiger partial charge in [-0.05, 0) is 24.2 Å². The summed E-state index contributed by atoms with van der Waals surface area (Å²) in [6.45, 7) is 5.66. The molecule has 3 rings (SSSR count). The number of ether oxygens (including phenoxy) is 1. The maximum absolute atomic E-state index is 5.13. The number of rotatable bonds is 7. The van der Waals surface area contributed by atoms with Gasteiger partial charge in [-0.1, -0.05) is 36.4 Å². The van der Waals surface area contributed by atoms with Gasteiger partial charge in [0.1, 0.15) is 0 Å². The molecule has 4 heteroatoms. The van der Waals surface area contributed by atoms with E-state index in [0.29, 0.717) is 0 Å². The van der Waals surface area contributed by atoms with Crippen LogP contribution in [-0.2, 0) is 30.8 Å². The van der Waals surface area contributed by atoms with E-state index in [4.69, 9.17) is 9.72 Å². The van der Waals surface area contributed by atoms with Crippen LogP contribution in [0.25, 0.3) is 0 Å². The molecule has 0 saturated heterocycles. The largest absolute Gasteiger partial charge is 0.383 e. The predicted molar refractivity (Wildman–Crippen MR) is 96.7 cm³/mol. The van der Waals surface area contributed by atoms with Crippen molar-refractivity contribution in [3.05, 3.63) is 65.0 Å². The molecule has 0 unspecified atom stereocenters. The van der Waals surface area contributed by atoms with E-state index in [1.807, 2.05) is 0 Å². The highest BCUT2D eigenvalue weighted by atomic mass is 16.5. The van der Waals surface area contributed by atoms with E-state index < -0.39 is 0 Å². The number of methoxy groups -OCH3 is 1. The maximum atomic E-state index is 5.13. The molecule has 0 radical (unpaired) electrons. The molecule has 1 aromatic heterocycles. The van der Waals surface area contributed by atoms with Crippen LogP contribution in [-0.4, -0.2) is 48.6 Å². The van der Waals surface area contributed by atoms with E-state index >= 15 is 0 Å². The molecule has 0 amide bonds. The van der Waals surface area contributed by atoms with Gasteiger partial charge in [-0.2, -0.15) is 0 Å². The summed E-state index contributed by atoms with van der Waals surface area (Å²) in [6.07, 6.45) is 1.04. The van der Waals surface area contributed by atoms with E-state index in [1.165, 1.54) is 16.8 Å². The highest BCUT2D eigenvalue weighted by molar-refractivity contribution is 5.26. The van der Waals surface area contributed by atoms with E-state index in [0.717, 1.165) is 51.4 Å². The fraction of sp³-hybridized carbons (Fsp3) is 0.450. The smallest absolute Gasteiger partial charge is 0.0589 e. The first-order chi connectivity index (χ1) is 11.7. The van der Waals surface area contributed by atoms with Crippen molar-refractivity contribution in [3.8, 4) is 0 Å². The van der Waals surface area contributed by atoms with Crippen molar-refractivity contribution in [3.63, 3.8) is 0 Å². The molecule has 4 nitrogen and oxygen atoms in total. The van der Waals surface area contributed by atoms with E-state index in [-0.39, 0.29) is 0 Å². The van der Waals surface area contributed by atoms with Gasteiger partial charge in [0.25, 0.3) is 0 Å². The molecule has 1 aliphatic heterocycles. The molecule has 0 atom stereocenters. The highest BCUT2D eigenvalue weighted by Crippen LogP contribution is 2.20. The van der Waals surface area contributed by atoms with Gasteiger partial charge in [-0.15, -0.1) is 0 Å². The molecule has 0 saturated carbocycles. The van der Waals surface area contributed by atoms with Gasteiger partial charge in [0.15, 0.2) is 0 Å². The Kier molecular flexibility index (Phi) is 5.96. The van der Waals surface area contributed by atoms with Crippen molar-refractivity contribution < 1.29 is 4.74 Å². The van der Waals surface area contributed by atoms with Crippen LogP contribution in [0.5, 0.6) is 0 Å². The minimum atomic E-state index is 0.760. The number of pyridine rings is 1. The van der Waals surface area contributed by atoms with Crippen molar-refractivity contribution >= 4 is 0 Å². The lowest BCUT2D eigenvalue weighted by atomic mass is 10.0. The molecule has 0 fully saturated rings. The minimum absolute atomic E-state index is 0.760. The minimum Gasteiger partial charge on any atom is -0.383 e. The molecule has 0 N–H and O–H groups in total. The third-order valence-electron chi connectivity index (χ3n) is 4.54. The number of hydrogen-bond acceptors (Lipinski definition) is 4. The second kappa shape index (κ2) is 8.38. The third kappa shape index (κ3) is 4.63. The lowest BCUT2D eigenvalue weighted by molar-refractivity contribution is 0.158. The number of fused-ring (bicyclic) bond motifs is 1. The van der Waals surface area contributed by atoms with Gasteiger partial charge in [-0.25, -0.2) is 0 Å². The molecule has 0 aliphatic carbocycles. The van der Waals surface area contributed by atoms with E-state index in [9.17, 15) is 0 Å². The van der Waals surface area contributed by atoms with Crippen molar-refractivity contribution in [1.82, 2.24) is 14.8 Å². The summed E-state index contributed by atoms with van der Waals surface area (Å²) in [5, 5.41) is 0. The van der Waals surface area contributed by atoms with Crippen molar-refractivity contribution in [1.29, 1.82) is 0 Å². The van der Waals surface area contributed by atoms with Crippen LogP contribution in [0.4, 0.5) is 0 Å². The quantitative estimate of drug-likeness (QED) is 0.783. The van der Waals surface area contributed by atoms with Gasteiger partial charge in [-0.3, -0.25) is 14.8 Å². The van der Waals surface area contributed by atoms with Gasteiger partial charge in [0, 0.05) is 51.9 Å². The number of aromatic nitrogens is 1. The standard InChI is InChI=1S/C20H27N3O/c1-22(12-13-24-2)16-19-9-8-18-15-23(11-10-20(18)21-19)14-17-6-4-3-5-7-17/h3-9H,10-16H2,1-2H3. The molecule has 2 aromatic rings. The zero-order valence-corrected chi connectivity index (χ0v) is 14.7. The molecule has 24 heavy (non-hydrogen) atoms. The van der Waals surface area contributed by atoms with Crippen LogP contribution in [0.15, 0.2) is 42.5 Å². The Morgan fingerprint density at radius 3 is 2.79 bits per heavy atom. The van der Waals surface area contributed by atoms with Gasteiger partial charge in [0.2, 0.25) is 0 Å². The zero-order chi connectivity index (χ0) is 16.8. The second-order valence-electron chi connectivity index (χ2n) is 6.59. The summed E-state index contributed by atoms with van der Waals surface area (Å²) in [4.78, 5) is 9.65. The molecule has 128 valence electrons. The van der Waals surface area contributed by atoms with Gasteiger partial charge >= 0.3 is 0 Å². The van der Waals surface area contributed by atoms with Crippen LogP contribution >= 0.6 is 0 Å². The molecule has 1 aliphatic rings. The van der Waals surface area contributed by atoms with E-state index in [2.05, 4.69) is 59.3 Å². The summed E-state index contributed by atoms with van der Waals surface area (Å²) in [5.74, 6) is 0. The fourth-order valence-corrected chi connectivity index (χ4v) is 3.19. The normalized spacial score (nSPS) is 14.8. The first-order valence-corrected chi connectivity index (χ1v) is 8.66. The Hall–Kier alpha value is -1.75. The number of nitrogens with zero attached hydrogens (tertiary/aromatic N) is 3. The average Bonchev–Trinajstić information content (AvgIpc) is 2.61. The summed E-state index contributed by atoms with van der Waals surface area (Å²) >= 11 is 0. The predicted octanol–water partition coefficient (Wildman–Crippen LogP) is 2.72. The molecule has 0 spiro atoms. The molecule has 0 bridgehead atoms. The average molecular weight is 325 g/mol. The molecular weight excluding hydrogens is 298 g/mol. The van der Waals surface area contributed by atoms with Crippen LogP contribution in [0.1, 0.15) is 22.5 Å². The molecule has 2 heterocycles. The maximum Gasteiger partial charge on any atom is 0.0589 e. The van der Waals surface area contributed by atoms with Crippen LogP contribution in [0.2, 0.25) is 0 Å². The lowest BCUT2D eigenvalue weighted by Crippen LogP contribution is -2.31. The van der Waals surface area contributed by atoms with E-state index in [1.54, 1.807) is 7.11 Å². The van der Waals surface area contributed by atoms with Crippen molar-refractivity contribution in [2.45, 2.75) is 26.1 Å². The highest BCUT2D eigenvalue weighted by Gasteiger charge is 2.18. The first kappa shape index (κ1) is 17.1. The Morgan fingerprint density at radius 1 is 1.17 bits per heavy atom. The lowest BCUT2D eigenvalue weighted by Gasteiger charge is -2.28. The van der Waals surface area contributed by atoms with Crippen molar-refractivity contribution in [2.24, 2.45) is 0 Å². The second-order valence-corrected chi connectivity index (χ2v) is 6.59. The Balaban J connectivity index is 1.59. The summed E-state index contributed by atoms with van der Waals surface area (Å²) in [7, 11) is 3.86. The first-order valence-electron chi connectivity index (χ1n) is 8.66. The van der Waals surface area contributed by atoms with Gasteiger partial charge in [0.05, 0.1) is 12.3 Å². The van der Waals surface area contributed by atoms with Crippen LogP contribution < -0.4 is 0 Å². The Morgan fingerprint density at radius 2 is 2.00 bits per heavy atom. The number of hydrogen-bond donors (Lipinski definition) is 0. The number of benzene rings is 1. The Bertz CT molecular complexity index is 645. The molecular formula is C20H27N3O. The summed E-state index contributed by atoms with van der Waals surface area (Å²) in [6, 6.07) is 15.1. The topological polar surface area (TPSA) is 28.6 Å². The van der Waals surface area contributed by atoms with Gasteiger partial charge < -0.3 is 4.74 Å². The zero-order valence-electron chi connectivity index (χ0n) is 14.7. The Labute approximate surface area is 145 Å². The number of likely N-dealkylation sites (N-methyl/N-ethyl adjacent to an activating group) is 1. The van der Waals surface area contributed by atoms with Crippen LogP contribution in [0.3, 0.4) is 0 Å². The monoisotopic (exact) mass is 325 g/mol. The van der Waals surface area contributed by atoms with Crippen molar-refractivity contribution in [2.75, 3.05) is 33.9 Å². The third-order valence-corrected chi connectivity index (χ3v) is 4.54.